The average Bonchev–Trinajstić information content (AvgIpc) is 3.02. The highest BCUT2D eigenvalue weighted by Crippen LogP contribution is 2.24. The van der Waals surface area contributed by atoms with Gasteiger partial charge in [0.2, 0.25) is 5.91 Å². The lowest BCUT2D eigenvalue weighted by Crippen LogP contribution is -2.21. The lowest BCUT2D eigenvalue weighted by Gasteiger charge is -2.09. The molecule has 0 atom stereocenters. The van der Waals surface area contributed by atoms with Gasteiger partial charge in [0.05, 0.1) is 10.9 Å². The number of nitrogens with zero attached hydrogens (tertiary/aromatic N) is 5. The summed E-state index contributed by atoms with van der Waals surface area (Å²) < 4.78 is 15.8. The van der Waals surface area contributed by atoms with Gasteiger partial charge < -0.3 is 10.2 Å². The number of hydrogen-bond donors (Lipinski definition) is 1. The van der Waals surface area contributed by atoms with Crippen molar-refractivity contribution in [3.05, 3.63) is 42.6 Å². The standard InChI is InChI=1S/C17H19FN6O/c1-23(2)15(25)7-4-9-24-10-8-14(22-24)21-17-16-12(18)5-3-6-13(16)19-11-20-17/h3,5-6,8,10-11H,4,7,9H2,1-2H3,(H,19,20,21,22). The quantitative estimate of drug-likeness (QED) is 0.745. The molecule has 3 aromatic rings. The molecule has 0 aliphatic carbocycles. The number of anilines is 2. The van der Waals surface area contributed by atoms with E-state index < -0.39 is 0 Å². The van der Waals surface area contributed by atoms with Gasteiger partial charge in [-0.2, -0.15) is 5.10 Å². The highest BCUT2D eigenvalue weighted by Gasteiger charge is 2.10. The Morgan fingerprint density at radius 1 is 1.28 bits per heavy atom. The van der Waals surface area contributed by atoms with Crippen molar-refractivity contribution in [3.8, 4) is 0 Å². The molecular weight excluding hydrogens is 323 g/mol. The van der Waals surface area contributed by atoms with Crippen LogP contribution in [-0.4, -0.2) is 44.7 Å². The Balaban J connectivity index is 1.69. The molecule has 8 heteroatoms. The zero-order valence-corrected chi connectivity index (χ0v) is 14.1. The van der Waals surface area contributed by atoms with Crippen molar-refractivity contribution in [1.82, 2.24) is 24.6 Å². The Labute approximate surface area is 144 Å². The molecule has 0 unspecified atom stereocenters. The van der Waals surface area contributed by atoms with Gasteiger partial charge >= 0.3 is 0 Å². The van der Waals surface area contributed by atoms with Crippen molar-refractivity contribution in [2.45, 2.75) is 19.4 Å². The van der Waals surface area contributed by atoms with Gasteiger partial charge in [0.25, 0.3) is 0 Å². The van der Waals surface area contributed by atoms with Crippen LogP contribution in [-0.2, 0) is 11.3 Å². The number of aryl methyl sites for hydroxylation is 1. The summed E-state index contributed by atoms with van der Waals surface area (Å²) in [6, 6.07) is 6.49. The third kappa shape index (κ3) is 3.90. The van der Waals surface area contributed by atoms with Crippen LogP contribution in [0.3, 0.4) is 0 Å². The zero-order chi connectivity index (χ0) is 17.8. The Morgan fingerprint density at radius 3 is 2.92 bits per heavy atom. The summed E-state index contributed by atoms with van der Waals surface area (Å²) in [5, 5.41) is 7.74. The first-order chi connectivity index (χ1) is 12.0. The van der Waals surface area contributed by atoms with Crippen LogP contribution in [0, 0.1) is 5.82 Å². The predicted molar refractivity (Wildman–Crippen MR) is 92.9 cm³/mol. The van der Waals surface area contributed by atoms with E-state index in [9.17, 15) is 9.18 Å². The number of aromatic nitrogens is 4. The van der Waals surface area contributed by atoms with Crippen molar-refractivity contribution in [2.24, 2.45) is 0 Å². The van der Waals surface area contributed by atoms with Crippen LogP contribution in [0.25, 0.3) is 10.9 Å². The van der Waals surface area contributed by atoms with Crippen LogP contribution in [0.5, 0.6) is 0 Å². The minimum Gasteiger partial charge on any atom is -0.349 e. The van der Waals surface area contributed by atoms with Gasteiger partial charge in [0.1, 0.15) is 18.0 Å². The van der Waals surface area contributed by atoms with Gasteiger partial charge in [0.15, 0.2) is 5.82 Å². The molecule has 2 aromatic heterocycles. The van der Waals surface area contributed by atoms with Crippen molar-refractivity contribution in [2.75, 3.05) is 19.4 Å². The van der Waals surface area contributed by atoms with Crippen LogP contribution in [0.15, 0.2) is 36.8 Å². The average molecular weight is 342 g/mol. The number of carbonyl (C=O) groups excluding carboxylic acids is 1. The number of amides is 1. The summed E-state index contributed by atoms with van der Waals surface area (Å²) in [4.78, 5) is 21.3. The molecule has 0 fully saturated rings. The smallest absolute Gasteiger partial charge is 0.222 e. The monoisotopic (exact) mass is 342 g/mol. The number of halogens is 1. The first kappa shape index (κ1) is 16.8. The molecule has 1 N–H and O–H groups in total. The molecule has 0 saturated heterocycles. The molecule has 0 aliphatic heterocycles. The van der Waals surface area contributed by atoms with E-state index in [0.717, 1.165) is 0 Å². The topological polar surface area (TPSA) is 75.9 Å². The largest absolute Gasteiger partial charge is 0.349 e. The van der Waals surface area contributed by atoms with E-state index in [0.29, 0.717) is 41.9 Å². The van der Waals surface area contributed by atoms with E-state index in [2.05, 4.69) is 20.4 Å². The molecular formula is C17H19FN6O. The van der Waals surface area contributed by atoms with E-state index >= 15 is 0 Å². The lowest BCUT2D eigenvalue weighted by atomic mass is 10.2. The van der Waals surface area contributed by atoms with Crippen LogP contribution in [0.2, 0.25) is 0 Å². The van der Waals surface area contributed by atoms with E-state index in [1.807, 2.05) is 6.20 Å². The molecule has 0 bridgehead atoms. The minimum atomic E-state index is -0.387. The van der Waals surface area contributed by atoms with Crippen LogP contribution in [0.4, 0.5) is 16.0 Å². The Bertz CT molecular complexity index is 886. The Hall–Kier alpha value is -3.03. The molecule has 0 radical (unpaired) electrons. The SMILES string of the molecule is CN(C)C(=O)CCCn1ccc(Nc2ncnc3cccc(F)c23)n1. The van der Waals surface area contributed by atoms with Crippen LogP contribution < -0.4 is 5.32 Å². The number of benzene rings is 1. The summed E-state index contributed by atoms with van der Waals surface area (Å²) in [7, 11) is 3.48. The number of hydrogen-bond acceptors (Lipinski definition) is 5. The molecule has 0 aliphatic rings. The Kier molecular flexibility index (Phi) is 4.87. The van der Waals surface area contributed by atoms with E-state index in [1.54, 1.807) is 41.9 Å². The third-order valence-electron chi connectivity index (χ3n) is 3.78. The first-order valence-corrected chi connectivity index (χ1v) is 7.94. The number of fused-ring (bicyclic) bond motifs is 1. The third-order valence-corrected chi connectivity index (χ3v) is 3.78. The van der Waals surface area contributed by atoms with E-state index in [4.69, 9.17) is 0 Å². The maximum Gasteiger partial charge on any atom is 0.222 e. The van der Waals surface area contributed by atoms with Crippen LogP contribution >= 0.6 is 0 Å². The van der Waals surface area contributed by atoms with E-state index in [1.165, 1.54) is 12.4 Å². The summed E-state index contributed by atoms with van der Waals surface area (Å²) >= 11 is 0. The molecule has 1 amide bonds. The van der Waals surface area contributed by atoms with Crippen LogP contribution in [0.1, 0.15) is 12.8 Å². The summed E-state index contributed by atoms with van der Waals surface area (Å²) in [5.74, 6) is 0.633. The number of nitrogens with one attached hydrogen (secondary N) is 1. The maximum absolute atomic E-state index is 14.1. The molecule has 1 aromatic carbocycles. The second-order valence-corrected chi connectivity index (χ2v) is 5.84. The number of rotatable bonds is 6. The molecule has 2 heterocycles. The van der Waals surface area contributed by atoms with Gasteiger partial charge in [-0.25, -0.2) is 14.4 Å². The van der Waals surface area contributed by atoms with Gasteiger partial charge in [-0.05, 0) is 18.6 Å². The molecule has 3 rings (SSSR count). The van der Waals surface area contributed by atoms with Gasteiger partial charge in [-0.1, -0.05) is 6.07 Å². The fourth-order valence-corrected chi connectivity index (χ4v) is 2.45. The summed E-state index contributed by atoms with van der Waals surface area (Å²) in [6.07, 6.45) is 4.36. The zero-order valence-electron chi connectivity index (χ0n) is 14.1. The first-order valence-electron chi connectivity index (χ1n) is 7.94. The molecule has 25 heavy (non-hydrogen) atoms. The van der Waals surface area contributed by atoms with Crippen molar-refractivity contribution in [3.63, 3.8) is 0 Å². The van der Waals surface area contributed by atoms with Gasteiger partial charge in [-0.15, -0.1) is 0 Å². The summed E-state index contributed by atoms with van der Waals surface area (Å²) in [5.41, 5.74) is 0.527. The highest BCUT2D eigenvalue weighted by molar-refractivity contribution is 5.90. The Morgan fingerprint density at radius 2 is 2.12 bits per heavy atom. The minimum absolute atomic E-state index is 0.0911. The molecule has 7 nitrogen and oxygen atoms in total. The van der Waals surface area contributed by atoms with Gasteiger partial charge in [0, 0.05) is 39.3 Å². The predicted octanol–water partition coefficient (Wildman–Crippen LogP) is 2.58. The van der Waals surface area contributed by atoms with Crippen molar-refractivity contribution >= 4 is 28.4 Å². The fraction of sp³-hybridized carbons (Fsp3) is 0.294. The maximum atomic E-state index is 14.1. The highest BCUT2D eigenvalue weighted by atomic mass is 19.1. The summed E-state index contributed by atoms with van der Waals surface area (Å²) in [6.45, 7) is 0.625. The second kappa shape index (κ2) is 7.25. The normalized spacial score (nSPS) is 10.8. The molecule has 0 spiro atoms. The molecule has 130 valence electrons. The van der Waals surface area contributed by atoms with Gasteiger partial charge in [-0.3, -0.25) is 9.48 Å². The van der Waals surface area contributed by atoms with E-state index in [-0.39, 0.29) is 11.7 Å². The van der Waals surface area contributed by atoms with Crippen molar-refractivity contribution in [1.29, 1.82) is 0 Å². The second-order valence-electron chi connectivity index (χ2n) is 5.84. The van der Waals surface area contributed by atoms with Crippen molar-refractivity contribution < 1.29 is 9.18 Å². The lowest BCUT2D eigenvalue weighted by molar-refractivity contribution is -0.128. The number of carbonyl (C=O) groups is 1. The fourth-order valence-electron chi connectivity index (χ4n) is 2.45. The molecule has 0 saturated carbocycles.